The van der Waals surface area contributed by atoms with Crippen molar-refractivity contribution in [3.05, 3.63) is 62.4 Å². The Kier molecular flexibility index (Phi) is 4.34. The zero-order chi connectivity index (χ0) is 14.7. The topological polar surface area (TPSA) is 68.1 Å². The first kappa shape index (κ1) is 14.5. The fraction of sp³-hybridized carbons (Fsp3) is 0.214. The van der Waals surface area contributed by atoms with Crippen LogP contribution >= 0.6 is 15.9 Å². The average molecular weight is 336 g/mol. The highest BCUT2D eigenvalue weighted by Crippen LogP contribution is 2.33. The Balaban J connectivity index is 2.30. The van der Waals surface area contributed by atoms with Crippen LogP contribution in [0.15, 0.2) is 41.1 Å². The summed E-state index contributed by atoms with van der Waals surface area (Å²) in [5.41, 5.74) is 2.64. The summed E-state index contributed by atoms with van der Waals surface area (Å²) in [6.07, 6.45) is 2.78. The van der Waals surface area contributed by atoms with E-state index in [0.29, 0.717) is 10.2 Å². The maximum Gasteiger partial charge on any atom is 0.311 e. The third-order valence-corrected chi connectivity index (χ3v) is 3.62. The van der Waals surface area contributed by atoms with Gasteiger partial charge in [-0.2, -0.15) is 0 Å². The fourth-order valence-electron chi connectivity index (χ4n) is 1.86. The first-order valence-electron chi connectivity index (χ1n) is 6.10. The SMILES string of the molecule is Cc1ccc(C(C)Nc2c(Br)cncc2[N+](=O)[O-])cc1. The Bertz CT molecular complexity index is 629. The van der Waals surface area contributed by atoms with Gasteiger partial charge >= 0.3 is 5.69 Å². The molecular formula is C14H14BrN3O2. The van der Waals surface area contributed by atoms with Crippen molar-refractivity contribution >= 4 is 27.3 Å². The van der Waals surface area contributed by atoms with Gasteiger partial charge in [-0.25, -0.2) is 0 Å². The Morgan fingerprint density at radius 1 is 1.30 bits per heavy atom. The molecule has 1 aromatic heterocycles. The number of halogens is 1. The average Bonchev–Trinajstić information content (AvgIpc) is 2.41. The smallest absolute Gasteiger partial charge is 0.311 e. The van der Waals surface area contributed by atoms with E-state index in [1.165, 1.54) is 18.0 Å². The summed E-state index contributed by atoms with van der Waals surface area (Å²) in [5.74, 6) is 0. The quantitative estimate of drug-likeness (QED) is 0.670. The van der Waals surface area contributed by atoms with Gasteiger partial charge in [-0.1, -0.05) is 29.8 Å². The molecule has 20 heavy (non-hydrogen) atoms. The molecule has 0 saturated heterocycles. The van der Waals surface area contributed by atoms with Crippen LogP contribution in [0.3, 0.4) is 0 Å². The maximum atomic E-state index is 11.0. The highest BCUT2D eigenvalue weighted by Gasteiger charge is 2.19. The Hall–Kier alpha value is -1.95. The van der Waals surface area contributed by atoms with E-state index in [2.05, 4.69) is 26.2 Å². The van der Waals surface area contributed by atoms with Crippen LogP contribution in [0.5, 0.6) is 0 Å². The van der Waals surface area contributed by atoms with E-state index >= 15 is 0 Å². The lowest BCUT2D eigenvalue weighted by Crippen LogP contribution is -2.09. The Morgan fingerprint density at radius 2 is 1.95 bits per heavy atom. The molecule has 2 rings (SSSR count). The largest absolute Gasteiger partial charge is 0.372 e. The van der Waals surface area contributed by atoms with E-state index in [4.69, 9.17) is 0 Å². The molecule has 1 unspecified atom stereocenters. The minimum Gasteiger partial charge on any atom is -0.372 e. The summed E-state index contributed by atoms with van der Waals surface area (Å²) in [6, 6.07) is 8.00. The zero-order valence-electron chi connectivity index (χ0n) is 11.1. The summed E-state index contributed by atoms with van der Waals surface area (Å²) < 4.78 is 0.575. The number of nitrogens with zero attached hydrogens (tertiary/aromatic N) is 2. The molecule has 0 aliphatic rings. The summed E-state index contributed by atoms with van der Waals surface area (Å²) in [5, 5.41) is 14.2. The van der Waals surface area contributed by atoms with Crippen LogP contribution < -0.4 is 5.32 Å². The van der Waals surface area contributed by atoms with Crippen LogP contribution in [-0.2, 0) is 0 Å². The highest BCUT2D eigenvalue weighted by molar-refractivity contribution is 9.10. The number of nitrogens with one attached hydrogen (secondary N) is 1. The predicted molar refractivity (Wildman–Crippen MR) is 81.8 cm³/mol. The van der Waals surface area contributed by atoms with Crippen LogP contribution in [0, 0.1) is 17.0 Å². The van der Waals surface area contributed by atoms with Crippen LogP contribution in [0.4, 0.5) is 11.4 Å². The summed E-state index contributed by atoms with van der Waals surface area (Å²) in [7, 11) is 0. The van der Waals surface area contributed by atoms with Gasteiger partial charge < -0.3 is 5.32 Å². The monoisotopic (exact) mass is 335 g/mol. The Labute approximate surface area is 125 Å². The molecule has 1 atom stereocenters. The number of nitro groups is 1. The van der Waals surface area contributed by atoms with E-state index in [-0.39, 0.29) is 11.7 Å². The second-order valence-electron chi connectivity index (χ2n) is 4.55. The van der Waals surface area contributed by atoms with Crippen molar-refractivity contribution in [1.29, 1.82) is 0 Å². The molecule has 104 valence electrons. The summed E-state index contributed by atoms with van der Waals surface area (Å²) >= 11 is 3.30. The molecule has 1 N–H and O–H groups in total. The third kappa shape index (κ3) is 3.14. The summed E-state index contributed by atoms with van der Waals surface area (Å²) in [4.78, 5) is 14.4. The van der Waals surface area contributed by atoms with Crippen molar-refractivity contribution in [3.8, 4) is 0 Å². The van der Waals surface area contributed by atoms with E-state index in [0.717, 1.165) is 5.56 Å². The van der Waals surface area contributed by atoms with Crippen molar-refractivity contribution in [2.24, 2.45) is 0 Å². The van der Waals surface area contributed by atoms with E-state index in [1.807, 2.05) is 38.1 Å². The van der Waals surface area contributed by atoms with E-state index < -0.39 is 4.92 Å². The molecule has 0 amide bonds. The number of anilines is 1. The first-order chi connectivity index (χ1) is 9.49. The summed E-state index contributed by atoms with van der Waals surface area (Å²) in [6.45, 7) is 3.98. The number of benzene rings is 1. The normalized spacial score (nSPS) is 11.9. The molecule has 1 heterocycles. The molecule has 0 bridgehead atoms. The van der Waals surface area contributed by atoms with Gasteiger partial charge in [-0.15, -0.1) is 0 Å². The van der Waals surface area contributed by atoms with Gasteiger partial charge in [0.15, 0.2) is 0 Å². The van der Waals surface area contributed by atoms with Gasteiger partial charge in [0.1, 0.15) is 11.9 Å². The maximum absolute atomic E-state index is 11.0. The van der Waals surface area contributed by atoms with Gasteiger partial charge in [0.05, 0.1) is 9.40 Å². The second kappa shape index (κ2) is 6.00. The first-order valence-corrected chi connectivity index (χ1v) is 6.89. The lowest BCUT2D eigenvalue weighted by atomic mass is 10.1. The number of pyridine rings is 1. The number of aryl methyl sites for hydroxylation is 1. The van der Waals surface area contributed by atoms with Gasteiger partial charge in [-0.05, 0) is 35.3 Å². The second-order valence-corrected chi connectivity index (χ2v) is 5.40. The molecular weight excluding hydrogens is 322 g/mol. The molecule has 0 aliphatic carbocycles. The Morgan fingerprint density at radius 3 is 2.55 bits per heavy atom. The molecule has 0 radical (unpaired) electrons. The van der Waals surface area contributed by atoms with Gasteiger partial charge in [0, 0.05) is 12.2 Å². The van der Waals surface area contributed by atoms with Gasteiger partial charge in [0.25, 0.3) is 0 Å². The lowest BCUT2D eigenvalue weighted by molar-refractivity contribution is -0.384. The molecule has 5 nitrogen and oxygen atoms in total. The third-order valence-electron chi connectivity index (χ3n) is 3.01. The fourth-order valence-corrected chi connectivity index (χ4v) is 2.30. The van der Waals surface area contributed by atoms with E-state index in [1.54, 1.807) is 0 Å². The molecule has 6 heteroatoms. The number of hydrogen-bond acceptors (Lipinski definition) is 4. The molecule has 1 aromatic carbocycles. The van der Waals surface area contributed by atoms with Crippen molar-refractivity contribution < 1.29 is 4.92 Å². The van der Waals surface area contributed by atoms with Crippen LogP contribution in [-0.4, -0.2) is 9.91 Å². The molecule has 0 spiro atoms. The number of aromatic nitrogens is 1. The molecule has 2 aromatic rings. The molecule has 0 fully saturated rings. The number of rotatable bonds is 4. The van der Waals surface area contributed by atoms with E-state index in [9.17, 15) is 10.1 Å². The number of hydrogen-bond donors (Lipinski definition) is 1. The van der Waals surface area contributed by atoms with Crippen LogP contribution in [0.2, 0.25) is 0 Å². The van der Waals surface area contributed by atoms with Crippen molar-refractivity contribution in [2.45, 2.75) is 19.9 Å². The van der Waals surface area contributed by atoms with Crippen LogP contribution in [0.25, 0.3) is 0 Å². The van der Waals surface area contributed by atoms with Gasteiger partial charge in [-0.3, -0.25) is 15.1 Å². The minimum atomic E-state index is -0.443. The zero-order valence-corrected chi connectivity index (χ0v) is 12.7. The molecule has 0 aliphatic heterocycles. The minimum absolute atomic E-state index is 0.0432. The molecule has 0 saturated carbocycles. The van der Waals surface area contributed by atoms with Crippen molar-refractivity contribution in [1.82, 2.24) is 4.98 Å². The lowest BCUT2D eigenvalue weighted by Gasteiger charge is -2.16. The van der Waals surface area contributed by atoms with Gasteiger partial charge in [0.2, 0.25) is 0 Å². The van der Waals surface area contributed by atoms with Crippen molar-refractivity contribution in [3.63, 3.8) is 0 Å². The standard InChI is InChI=1S/C14H14BrN3O2/c1-9-3-5-11(6-4-9)10(2)17-14-12(15)7-16-8-13(14)18(19)20/h3-8,10H,1-2H3,(H,16,17). The highest BCUT2D eigenvalue weighted by atomic mass is 79.9. The predicted octanol–water partition coefficient (Wildman–Crippen LogP) is 4.23. The van der Waals surface area contributed by atoms with Crippen molar-refractivity contribution in [2.75, 3.05) is 5.32 Å². The van der Waals surface area contributed by atoms with Crippen LogP contribution in [0.1, 0.15) is 24.1 Å².